The molecule has 0 spiro atoms. The highest BCUT2D eigenvalue weighted by Gasteiger charge is 2.03. The SMILES string of the molecule is O=c1[nH]c2ccccc2cc1CCc1ccccc1. The average molecular weight is 249 g/mol. The van der Waals surface area contributed by atoms with Gasteiger partial charge in [0, 0.05) is 11.1 Å². The molecule has 3 rings (SSSR count). The lowest BCUT2D eigenvalue weighted by atomic mass is 10.0. The number of rotatable bonds is 3. The molecule has 0 aliphatic heterocycles. The van der Waals surface area contributed by atoms with Gasteiger partial charge >= 0.3 is 0 Å². The largest absolute Gasteiger partial charge is 0.322 e. The summed E-state index contributed by atoms with van der Waals surface area (Å²) in [5, 5.41) is 1.09. The van der Waals surface area contributed by atoms with Crippen molar-refractivity contribution in [2.24, 2.45) is 0 Å². The molecule has 0 atom stereocenters. The first kappa shape index (κ1) is 11.7. The Hall–Kier alpha value is -2.35. The van der Waals surface area contributed by atoms with Crippen molar-refractivity contribution in [3.05, 3.63) is 82.1 Å². The van der Waals surface area contributed by atoms with Crippen LogP contribution in [0.15, 0.2) is 65.5 Å². The van der Waals surface area contributed by atoms with Gasteiger partial charge in [0.25, 0.3) is 5.56 Å². The molecule has 0 saturated carbocycles. The summed E-state index contributed by atoms with van der Waals surface area (Å²) in [6.07, 6.45) is 1.66. The van der Waals surface area contributed by atoms with Gasteiger partial charge in [0.15, 0.2) is 0 Å². The van der Waals surface area contributed by atoms with Crippen LogP contribution >= 0.6 is 0 Å². The molecule has 19 heavy (non-hydrogen) atoms. The van der Waals surface area contributed by atoms with Crippen molar-refractivity contribution in [1.82, 2.24) is 4.98 Å². The summed E-state index contributed by atoms with van der Waals surface area (Å²) < 4.78 is 0. The van der Waals surface area contributed by atoms with Crippen LogP contribution in [0.1, 0.15) is 11.1 Å². The van der Waals surface area contributed by atoms with E-state index in [0.29, 0.717) is 0 Å². The van der Waals surface area contributed by atoms with Gasteiger partial charge in [0.2, 0.25) is 0 Å². The molecule has 0 aliphatic rings. The maximum atomic E-state index is 12.0. The fourth-order valence-corrected chi connectivity index (χ4v) is 2.30. The van der Waals surface area contributed by atoms with E-state index in [-0.39, 0.29) is 5.56 Å². The minimum atomic E-state index is 0.0228. The number of aryl methyl sites for hydroxylation is 2. The maximum absolute atomic E-state index is 12.0. The van der Waals surface area contributed by atoms with E-state index < -0.39 is 0 Å². The van der Waals surface area contributed by atoms with Crippen LogP contribution in [0.3, 0.4) is 0 Å². The van der Waals surface area contributed by atoms with E-state index in [9.17, 15) is 4.79 Å². The topological polar surface area (TPSA) is 32.9 Å². The van der Waals surface area contributed by atoms with Gasteiger partial charge in [0.1, 0.15) is 0 Å². The van der Waals surface area contributed by atoms with E-state index in [2.05, 4.69) is 17.1 Å². The van der Waals surface area contributed by atoms with E-state index in [4.69, 9.17) is 0 Å². The van der Waals surface area contributed by atoms with Crippen molar-refractivity contribution in [3.63, 3.8) is 0 Å². The van der Waals surface area contributed by atoms with Crippen LogP contribution in [0.4, 0.5) is 0 Å². The average Bonchev–Trinajstić information content (AvgIpc) is 2.46. The van der Waals surface area contributed by atoms with Crippen molar-refractivity contribution in [1.29, 1.82) is 0 Å². The van der Waals surface area contributed by atoms with Gasteiger partial charge in [-0.25, -0.2) is 0 Å². The molecule has 0 radical (unpaired) electrons. The number of benzene rings is 2. The van der Waals surface area contributed by atoms with Gasteiger partial charge in [-0.05, 0) is 35.9 Å². The van der Waals surface area contributed by atoms with Gasteiger partial charge in [-0.15, -0.1) is 0 Å². The maximum Gasteiger partial charge on any atom is 0.251 e. The molecule has 3 aromatic rings. The third kappa shape index (κ3) is 2.58. The smallest absolute Gasteiger partial charge is 0.251 e. The highest BCUT2D eigenvalue weighted by molar-refractivity contribution is 5.78. The lowest BCUT2D eigenvalue weighted by Crippen LogP contribution is -2.13. The fourth-order valence-electron chi connectivity index (χ4n) is 2.30. The number of para-hydroxylation sites is 1. The molecule has 2 heteroatoms. The predicted molar refractivity (Wildman–Crippen MR) is 78.4 cm³/mol. The molecule has 94 valence electrons. The monoisotopic (exact) mass is 249 g/mol. The molecule has 2 nitrogen and oxygen atoms in total. The Morgan fingerprint density at radius 1 is 0.842 bits per heavy atom. The predicted octanol–water partition coefficient (Wildman–Crippen LogP) is 3.31. The second-order valence-electron chi connectivity index (χ2n) is 4.70. The van der Waals surface area contributed by atoms with Crippen LogP contribution in [0.2, 0.25) is 0 Å². The van der Waals surface area contributed by atoms with Crippen LogP contribution in [0, 0.1) is 0 Å². The van der Waals surface area contributed by atoms with Crippen LogP contribution in [0.5, 0.6) is 0 Å². The van der Waals surface area contributed by atoms with Gasteiger partial charge in [0.05, 0.1) is 0 Å². The summed E-state index contributed by atoms with van der Waals surface area (Å²) >= 11 is 0. The zero-order valence-corrected chi connectivity index (χ0v) is 10.6. The molecule has 0 bridgehead atoms. The highest BCUT2D eigenvalue weighted by atomic mass is 16.1. The van der Waals surface area contributed by atoms with E-state index in [1.165, 1.54) is 5.56 Å². The lowest BCUT2D eigenvalue weighted by molar-refractivity contribution is 0.940. The number of aromatic amines is 1. The van der Waals surface area contributed by atoms with Crippen molar-refractivity contribution in [2.75, 3.05) is 0 Å². The summed E-state index contributed by atoms with van der Waals surface area (Å²) in [4.78, 5) is 14.9. The van der Waals surface area contributed by atoms with Gasteiger partial charge in [-0.3, -0.25) is 4.79 Å². The molecule has 0 amide bonds. The standard InChI is InChI=1S/C17H15NO/c19-17-15(11-10-13-6-2-1-3-7-13)12-14-8-4-5-9-16(14)18-17/h1-9,12H,10-11H2,(H,18,19). The Morgan fingerprint density at radius 3 is 2.42 bits per heavy atom. The van der Waals surface area contributed by atoms with E-state index in [1.54, 1.807) is 0 Å². The van der Waals surface area contributed by atoms with Crippen molar-refractivity contribution >= 4 is 10.9 Å². The molecular formula is C17H15NO. The van der Waals surface area contributed by atoms with Crippen molar-refractivity contribution in [2.45, 2.75) is 12.8 Å². The number of fused-ring (bicyclic) bond motifs is 1. The van der Waals surface area contributed by atoms with Crippen molar-refractivity contribution < 1.29 is 0 Å². The van der Waals surface area contributed by atoms with Crippen LogP contribution in [-0.2, 0) is 12.8 Å². The highest BCUT2D eigenvalue weighted by Crippen LogP contribution is 2.11. The third-order valence-electron chi connectivity index (χ3n) is 3.36. The molecule has 1 aromatic heterocycles. The Bertz CT molecular complexity index is 744. The summed E-state index contributed by atoms with van der Waals surface area (Å²) in [7, 11) is 0. The molecule has 0 fully saturated rings. The third-order valence-corrected chi connectivity index (χ3v) is 3.36. The van der Waals surface area contributed by atoms with Gasteiger partial charge in [-0.1, -0.05) is 48.5 Å². The Kier molecular flexibility index (Phi) is 3.15. The normalized spacial score (nSPS) is 10.7. The number of pyridine rings is 1. The fraction of sp³-hybridized carbons (Fsp3) is 0.118. The minimum Gasteiger partial charge on any atom is -0.322 e. The first-order valence-corrected chi connectivity index (χ1v) is 6.48. The molecular weight excluding hydrogens is 234 g/mol. The van der Waals surface area contributed by atoms with Crippen LogP contribution in [0.25, 0.3) is 10.9 Å². The van der Waals surface area contributed by atoms with Crippen LogP contribution < -0.4 is 5.56 Å². The molecule has 0 unspecified atom stereocenters. The van der Waals surface area contributed by atoms with E-state index >= 15 is 0 Å². The number of hydrogen-bond acceptors (Lipinski definition) is 1. The summed E-state index contributed by atoms with van der Waals surface area (Å²) in [6.45, 7) is 0. The quantitative estimate of drug-likeness (QED) is 0.759. The van der Waals surface area contributed by atoms with Gasteiger partial charge < -0.3 is 4.98 Å². The first-order chi connectivity index (χ1) is 9.33. The second-order valence-corrected chi connectivity index (χ2v) is 4.70. The second kappa shape index (κ2) is 5.11. The number of aromatic nitrogens is 1. The number of H-pyrrole nitrogens is 1. The molecule has 0 saturated heterocycles. The molecule has 0 aliphatic carbocycles. The summed E-state index contributed by atoms with van der Waals surface area (Å²) in [5.41, 5.74) is 3.03. The van der Waals surface area contributed by atoms with E-state index in [1.807, 2.05) is 48.5 Å². The van der Waals surface area contributed by atoms with Crippen molar-refractivity contribution in [3.8, 4) is 0 Å². The number of hydrogen-bond donors (Lipinski definition) is 1. The molecule has 2 aromatic carbocycles. The van der Waals surface area contributed by atoms with E-state index in [0.717, 1.165) is 29.3 Å². The first-order valence-electron chi connectivity index (χ1n) is 6.48. The van der Waals surface area contributed by atoms with Gasteiger partial charge in [-0.2, -0.15) is 0 Å². The Balaban J connectivity index is 1.89. The summed E-state index contributed by atoms with van der Waals surface area (Å²) in [5.74, 6) is 0. The number of nitrogens with one attached hydrogen (secondary N) is 1. The van der Waals surface area contributed by atoms with Crippen LogP contribution in [-0.4, -0.2) is 4.98 Å². The molecule has 1 heterocycles. The minimum absolute atomic E-state index is 0.0228. The Morgan fingerprint density at radius 2 is 1.58 bits per heavy atom. The molecule has 1 N–H and O–H groups in total. The Labute approximate surface area is 111 Å². The summed E-state index contributed by atoms with van der Waals surface area (Å²) in [6, 6.07) is 20.1. The lowest BCUT2D eigenvalue weighted by Gasteiger charge is -2.03. The zero-order chi connectivity index (χ0) is 13.1. The zero-order valence-electron chi connectivity index (χ0n) is 10.6.